The van der Waals surface area contributed by atoms with Crippen LogP contribution in [-0.4, -0.2) is 94.4 Å². The van der Waals surface area contributed by atoms with E-state index in [2.05, 4.69) is 10.6 Å². The standard InChI is InChI=1S/2C23H27N3O5S/c2*1-3-7-16-10-11-18-21-20(22(28)24-12-15-8-5-4-6-9-15)17(14-27)19(13-25(18)23(16)29)26(21)32(2,30)31/h2*3-11,17,19-21,27H,12-14H2,1-2H3,(H,24,28)/b7-3+;7-3-/t2*17-,19-,20+,21+/m11/s1. The van der Waals surface area contributed by atoms with Crippen LogP contribution < -0.4 is 21.8 Å². The van der Waals surface area contributed by atoms with Crippen LogP contribution in [0, 0.1) is 23.7 Å². The summed E-state index contributed by atoms with van der Waals surface area (Å²) in [7, 11) is -7.40. The van der Waals surface area contributed by atoms with Crippen LogP contribution >= 0.6 is 0 Å². The van der Waals surface area contributed by atoms with Gasteiger partial charge >= 0.3 is 0 Å². The van der Waals surface area contributed by atoms with Crippen LogP contribution in [0.4, 0.5) is 0 Å². The van der Waals surface area contributed by atoms with E-state index >= 15 is 0 Å². The third-order valence-electron chi connectivity index (χ3n) is 12.7. The maximum atomic E-state index is 13.3. The Morgan fingerprint density at radius 3 is 1.28 bits per heavy atom. The third-order valence-corrected chi connectivity index (χ3v) is 15.2. The van der Waals surface area contributed by atoms with E-state index in [0.29, 0.717) is 22.5 Å². The second-order valence-corrected chi connectivity index (χ2v) is 20.4. The molecule has 2 amide bonds. The molecular weight excluding hydrogens is 861 g/mol. The number of aromatic nitrogens is 2. The molecule has 18 heteroatoms. The Kier molecular flexibility index (Phi) is 13.7. The Hall–Kier alpha value is -5.50. The minimum atomic E-state index is -3.70. The largest absolute Gasteiger partial charge is 0.396 e. The summed E-state index contributed by atoms with van der Waals surface area (Å²) in [5.74, 6) is -3.57. The van der Waals surface area contributed by atoms with Gasteiger partial charge in [0, 0.05) is 85.8 Å². The van der Waals surface area contributed by atoms with Crippen molar-refractivity contribution >= 4 is 44.0 Å². The van der Waals surface area contributed by atoms with Crippen LogP contribution in [0.15, 0.2) is 107 Å². The lowest BCUT2D eigenvalue weighted by Crippen LogP contribution is -2.48. The second-order valence-electron chi connectivity index (χ2n) is 16.6. The summed E-state index contributed by atoms with van der Waals surface area (Å²) in [5, 5.41) is 26.2. The SMILES string of the molecule is C/C=C/c1ccc2n(c1=O)C[C@@H]1[C@@H](CO)[C@H](C(=O)NCc3ccccc3)[C@H]2N1S(C)(=O)=O.C/C=C\c1ccc2n(c1=O)C[C@@H]1[C@@H](CO)[C@H](C(=O)NCc3ccccc3)[C@H]2N1S(C)(=O)=O. The molecule has 0 radical (unpaired) electrons. The van der Waals surface area contributed by atoms with E-state index in [0.717, 1.165) is 23.6 Å². The van der Waals surface area contributed by atoms with E-state index in [1.807, 2.05) is 74.5 Å². The van der Waals surface area contributed by atoms with Gasteiger partial charge in [0.1, 0.15) is 0 Å². The first-order chi connectivity index (χ1) is 30.5. The molecule has 340 valence electrons. The van der Waals surface area contributed by atoms with Gasteiger partial charge < -0.3 is 30.0 Å². The number of rotatable bonds is 12. The number of hydrogen-bond acceptors (Lipinski definition) is 10. The van der Waals surface area contributed by atoms with Gasteiger partial charge in [-0.15, -0.1) is 0 Å². The van der Waals surface area contributed by atoms with Crippen molar-refractivity contribution in [2.45, 2.75) is 64.2 Å². The number of carbonyl (C=O) groups excluding carboxylic acids is 2. The molecule has 4 N–H and O–H groups in total. The first kappa shape index (κ1) is 46.5. The van der Waals surface area contributed by atoms with Crippen molar-refractivity contribution in [2.24, 2.45) is 23.7 Å². The van der Waals surface area contributed by atoms with Gasteiger partial charge in [0.25, 0.3) is 11.1 Å². The average Bonchev–Trinajstić information content (AvgIpc) is 3.69. The highest BCUT2D eigenvalue weighted by molar-refractivity contribution is 7.88. The van der Waals surface area contributed by atoms with Gasteiger partial charge in [-0.1, -0.05) is 85.0 Å². The number of nitrogens with zero attached hydrogens (tertiary/aromatic N) is 4. The zero-order chi connectivity index (χ0) is 46.1. The molecule has 4 aromatic rings. The first-order valence-corrected chi connectivity index (χ1v) is 24.8. The highest BCUT2D eigenvalue weighted by Gasteiger charge is 2.60. The number of carbonyl (C=O) groups is 2. The Labute approximate surface area is 372 Å². The molecule has 6 heterocycles. The molecule has 0 unspecified atom stereocenters. The molecule has 2 saturated heterocycles. The molecule has 2 aromatic heterocycles. The average molecular weight is 915 g/mol. The van der Waals surface area contributed by atoms with E-state index in [9.17, 15) is 46.2 Å². The summed E-state index contributed by atoms with van der Waals surface area (Å²) < 4.78 is 56.7. The van der Waals surface area contributed by atoms with E-state index in [-0.39, 0.29) is 62.3 Å². The minimum Gasteiger partial charge on any atom is -0.396 e. The predicted octanol–water partition coefficient (Wildman–Crippen LogP) is 2.24. The molecule has 4 bridgehead atoms. The molecule has 16 nitrogen and oxygen atoms in total. The molecule has 2 aromatic carbocycles. The Morgan fingerprint density at radius 1 is 0.609 bits per heavy atom. The first-order valence-electron chi connectivity index (χ1n) is 21.1. The number of pyridine rings is 2. The van der Waals surface area contributed by atoms with E-state index in [1.54, 1.807) is 57.7 Å². The second kappa shape index (κ2) is 18.9. The number of hydrogen-bond donors (Lipinski definition) is 4. The number of amides is 2. The number of nitrogens with one attached hydrogen (secondary N) is 2. The zero-order valence-electron chi connectivity index (χ0n) is 36.0. The summed E-state index contributed by atoms with van der Waals surface area (Å²) in [6.07, 6.45) is 9.14. The predicted molar refractivity (Wildman–Crippen MR) is 242 cm³/mol. The summed E-state index contributed by atoms with van der Waals surface area (Å²) in [6.45, 7) is 3.67. The van der Waals surface area contributed by atoms with Gasteiger partial charge in [0.05, 0.1) is 36.4 Å². The molecule has 8 atom stereocenters. The van der Waals surface area contributed by atoms with E-state index < -0.39 is 67.9 Å². The zero-order valence-corrected chi connectivity index (χ0v) is 37.7. The molecule has 4 aliphatic heterocycles. The summed E-state index contributed by atoms with van der Waals surface area (Å²) >= 11 is 0. The van der Waals surface area contributed by atoms with Gasteiger partial charge in [-0.3, -0.25) is 19.2 Å². The Bertz CT molecular complexity index is 2600. The fraction of sp³-hybridized carbons (Fsp3) is 0.391. The highest BCUT2D eigenvalue weighted by atomic mass is 32.2. The molecule has 64 heavy (non-hydrogen) atoms. The van der Waals surface area contributed by atoms with Gasteiger partial charge in [0.2, 0.25) is 31.9 Å². The Morgan fingerprint density at radius 2 is 0.969 bits per heavy atom. The molecule has 2 fully saturated rings. The molecule has 8 rings (SSSR count). The van der Waals surface area contributed by atoms with Gasteiger partial charge in [-0.2, -0.15) is 8.61 Å². The van der Waals surface area contributed by atoms with Crippen LogP contribution in [0.1, 0.15) is 59.6 Å². The van der Waals surface area contributed by atoms with Crippen molar-refractivity contribution in [1.82, 2.24) is 28.4 Å². The summed E-state index contributed by atoms with van der Waals surface area (Å²) in [6, 6.07) is 22.5. The lowest BCUT2D eigenvalue weighted by atomic mass is 9.86. The Balaban J connectivity index is 0.000000191. The van der Waals surface area contributed by atoms with Crippen molar-refractivity contribution in [2.75, 3.05) is 25.7 Å². The van der Waals surface area contributed by atoms with Crippen LogP contribution in [-0.2, 0) is 55.8 Å². The molecule has 0 saturated carbocycles. The van der Waals surface area contributed by atoms with Crippen LogP contribution in [0.25, 0.3) is 12.2 Å². The summed E-state index contributed by atoms with van der Waals surface area (Å²) in [4.78, 5) is 52.7. The number of allylic oxidation sites excluding steroid dienone is 2. The summed E-state index contributed by atoms with van der Waals surface area (Å²) in [5.41, 5.74) is 3.30. The maximum absolute atomic E-state index is 13.3. The number of benzene rings is 2. The maximum Gasteiger partial charge on any atom is 0.258 e. The quantitative estimate of drug-likeness (QED) is 0.163. The van der Waals surface area contributed by atoms with Crippen LogP contribution in [0.5, 0.6) is 0 Å². The van der Waals surface area contributed by atoms with Gasteiger partial charge in [-0.25, -0.2) is 16.8 Å². The third kappa shape index (κ3) is 8.82. The number of aliphatic hydroxyl groups is 2. The van der Waals surface area contributed by atoms with Crippen LogP contribution in [0.2, 0.25) is 0 Å². The molecule has 0 spiro atoms. The molecule has 4 aliphatic rings. The smallest absolute Gasteiger partial charge is 0.258 e. The van der Waals surface area contributed by atoms with Crippen molar-refractivity contribution in [3.8, 4) is 0 Å². The van der Waals surface area contributed by atoms with E-state index in [1.165, 1.54) is 8.61 Å². The number of fused-ring (bicyclic) bond motifs is 8. The van der Waals surface area contributed by atoms with Crippen molar-refractivity contribution in [3.63, 3.8) is 0 Å². The fourth-order valence-electron chi connectivity index (χ4n) is 10.1. The van der Waals surface area contributed by atoms with Gasteiger partial charge in [-0.05, 0) is 49.2 Å². The fourth-order valence-corrected chi connectivity index (χ4v) is 12.8. The van der Waals surface area contributed by atoms with Crippen molar-refractivity contribution in [1.29, 1.82) is 0 Å². The van der Waals surface area contributed by atoms with Crippen molar-refractivity contribution < 1.29 is 36.6 Å². The van der Waals surface area contributed by atoms with Crippen LogP contribution in [0.3, 0.4) is 0 Å². The van der Waals surface area contributed by atoms with Gasteiger partial charge in [0.15, 0.2) is 0 Å². The lowest BCUT2D eigenvalue weighted by Gasteiger charge is -2.36. The number of aliphatic hydroxyl groups excluding tert-OH is 2. The highest BCUT2D eigenvalue weighted by Crippen LogP contribution is 2.51. The molecular formula is C46H54N6O10S2. The topological polar surface area (TPSA) is 217 Å². The number of sulfonamides is 2. The molecule has 0 aliphatic carbocycles. The monoisotopic (exact) mass is 914 g/mol. The minimum absolute atomic E-state index is 0.0941. The van der Waals surface area contributed by atoms with E-state index in [4.69, 9.17) is 0 Å². The van der Waals surface area contributed by atoms with Crippen molar-refractivity contribution in [3.05, 3.63) is 151 Å². The normalized spacial score (nSPS) is 25.1. The lowest BCUT2D eigenvalue weighted by molar-refractivity contribution is -0.128.